The average Bonchev–Trinajstić information content (AvgIpc) is 2.87. The van der Waals surface area contributed by atoms with Crippen LogP contribution >= 0.6 is 0 Å². The van der Waals surface area contributed by atoms with E-state index in [2.05, 4.69) is 15.1 Å². The van der Waals surface area contributed by atoms with E-state index in [1.807, 2.05) is 24.8 Å². The molecule has 1 aromatic carbocycles. The molecule has 1 aromatic heterocycles. The Morgan fingerprint density at radius 3 is 2.62 bits per heavy atom. The van der Waals surface area contributed by atoms with Crippen LogP contribution in [0.3, 0.4) is 0 Å². The summed E-state index contributed by atoms with van der Waals surface area (Å²) in [5.41, 5.74) is 3.83. The van der Waals surface area contributed by atoms with E-state index in [4.69, 9.17) is 0 Å². The lowest BCUT2D eigenvalue weighted by Crippen LogP contribution is -2.48. The molecule has 24 heavy (non-hydrogen) atoms. The van der Waals surface area contributed by atoms with Crippen LogP contribution in [0.2, 0.25) is 0 Å². The van der Waals surface area contributed by atoms with Gasteiger partial charge in [0.15, 0.2) is 0 Å². The largest absolute Gasteiger partial charge is 0.340 e. The summed E-state index contributed by atoms with van der Waals surface area (Å²) in [6.45, 7) is 7.63. The van der Waals surface area contributed by atoms with E-state index in [1.165, 1.54) is 6.07 Å². The number of hydrogen-bond acceptors (Lipinski definition) is 3. The number of aromatic amines is 1. The maximum Gasteiger partial charge on any atom is 0.227 e. The lowest BCUT2D eigenvalue weighted by Gasteiger charge is -2.34. The van der Waals surface area contributed by atoms with Crippen molar-refractivity contribution in [2.24, 2.45) is 0 Å². The number of amides is 1. The topological polar surface area (TPSA) is 52.2 Å². The predicted octanol–water partition coefficient (Wildman–Crippen LogP) is 2.05. The minimum atomic E-state index is -0.202. The van der Waals surface area contributed by atoms with E-state index in [0.29, 0.717) is 19.5 Å². The molecule has 0 spiro atoms. The van der Waals surface area contributed by atoms with Crippen molar-refractivity contribution in [1.82, 2.24) is 20.0 Å². The molecule has 6 heteroatoms. The van der Waals surface area contributed by atoms with Gasteiger partial charge in [-0.05, 0) is 31.5 Å². The Bertz CT molecular complexity index is 700. The third-order valence-electron chi connectivity index (χ3n) is 4.63. The highest BCUT2D eigenvalue weighted by molar-refractivity contribution is 5.79. The highest BCUT2D eigenvalue weighted by Gasteiger charge is 2.22. The molecule has 1 aliphatic heterocycles. The molecule has 5 nitrogen and oxygen atoms in total. The fourth-order valence-electron chi connectivity index (χ4n) is 3.15. The number of benzene rings is 1. The number of carbonyl (C=O) groups excluding carboxylic acids is 1. The molecular formula is C18H23FN4O. The number of H-pyrrole nitrogens is 1. The second-order valence-corrected chi connectivity index (χ2v) is 6.38. The normalized spacial score (nSPS) is 15.7. The monoisotopic (exact) mass is 330 g/mol. The molecule has 0 unspecified atom stereocenters. The fourth-order valence-corrected chi connectivity index (χ4v) is 3.15. The summed E-state index contributed by atoms with van der Waals surface area (Å²) in [5, 5.41) is 7.07. The molecule has 3 rings (SSSR count). The summed E-state index contributed by atoms with van der Waals surface area (Å²) in [4.78, 5) is 16.7. The number of aromatic nitrogens is 2. The van der Waals surface area contributed by atoms with Gasteiger partial charge in [0.1, 0.15) is 5.82 Å². The SMILES string of the molecule is Cc1n[nH]c(C)c1CC(=O)N1CCN(Cc2cccc(F)c2)CC1. The van der Waals surface area contributed by atoms with Crippen LogP contribution in [-0.4, -0.2) is 52.1 Å². The first kappa shape index (κ1) is 16.6. The quantitative estimate of drug-likeness (QED) is 0.933. The smallest absolute Gasteiger partial charge is 0.227 e. The predicted molar refractivity (Wildman–Crippen MR) is 90.0 cm³/mol. The Kier molecular flexibility index (Phi) is 4.94. The van der Waals surface area contributed by atoms with Crippen molar-refractivity contribution in [1.29, 1.82) is 0 Å². The summed E-state index contributed by atoms with van der Waals surface area (Å²) in [6, 6.07) is 6.70. The average molecular weight is 330 g/mol. The minimum Gasteiger partial charge on any atom is -0.340 e. The van der Waals surface area contributed by atoms with Gasteiger partial charge < -0.3 is 4.90 Å². The number of rotatable bonds is 4. The molecule has 0 saturated carbocycles. The van der Waals surface area contributed by atoms with E-state index >= 15 is 0 Å². The van der Waals surface area contributed by atoms with E-state index in [-0.39, 0.29) is 11.7 Å². The van der Waals surface area contributed by atoms with E-state index in [9.17, 15) is 9.18 Å². The molecule has 0 radical (unpaired) electrons. The van der Waals surface area contributed by atoms with Crippen molar-refractivity contribution in [3.8, 4) is 0 Å². The summed E-state index contributed by atoms with van der Waals surface area (Å²) in [6.07, 6.45) is 0.401. The molecule has 1 amide bonds. The second kappa shape index (κ2) is 7.13. The molecule has 1 saturated heterocycles. The van der Waals surface area contributed by atoms with Crippen molar-refractivity contribution in [2.75, 3.05) is 26.2 Å². The molecule has 1 fully saturated rings. The summed E-state index contributed by atoms with van der Waals surface area (Å²) in [5.74, 6) is -0.0554. The lowest BCUT2D eigenvalue weighted by atomic mass is 10.1. The minimum absolute atomic E-state index is 0.146. The van der Waals surface area contributed by atoms with E-state index < -0.39 is 0 Å². The van der Waals surface area contributed by atoms with Crippen molar-refractivity contribution < 1.29 is 9.18 Å². The van der Waals surface area contributed by atoms with Gasteiger partial charge in [-0.1, -0.05) is 12.1 Å². The van der Waals surface area contributed by atoms with Gasteiger partial charge in [-0.3, -0.25) is 14.8 Å². The Labute approximate surface area is 141 Å². The van der Waals surface area contributed by atoms with Crippen LogP contribution < -0.4 is 0 Å². The number of nitrogens with one attached hydrogen (secondary N) is 1. The first-order valence-corrected chi connectivity index (χ1v) is 8.28. The van der Waals surface area contributed by atoms with Gasteiger partial charge >= 0.3 is 0 Å². The Balaban J connectivity index is 1.52. The molecule has 1 aliphatic rings. The molecule has 2 aromatic rings. The Morgan fingerprint density at radius 2 is 2.00 bits per heavy atom. The van der Waals surface area contributed by atoms with Gasteiger partial charge in [0, 0.05) is 44.0 Å². The molecule has 0 aliphatic carbocycles. The van der Waals surface area contributed by atoms with Gasteiger partial charge in [-0.15, -0.1) is 0 Å². The van der Waals surface area contributed by atoms with Crippen molar-refractivity contribution >= 4 is 5.91 Å². The van der Waals surface area contributed by atoms with Crippen molar-refractivity contribution in [2.45, 2.75) is 26.8 Å². The van der Waals surface area contributed by atoms with Gasteiger partial charge in [0.2, 0.25) is 5.91 Å². The summed E-state index contributed by atoms with van der Waals surface area (Å²) >= 11 is 0. The first-order chi connectivity index (χ1) is 11.5. The van der Waals surface area contributed by atoms with Crippen LogP contribution in [0.4, 0.5) is 4.39 Å². The third-order valence-corrected chi connectivity index (χ3v) is 4.63. The van der Waals surface area contributed by atoms with Gasteiger partial charge in [-0.2, -0.15) is 5.10 Å². The number of piperazine rings is 1. The van der Waals surface area contributed by atoms with E-state index in [1.54, 1.807) is 12.1 Å². The standard InChI is InChI=1S/C18H23FN4O/c1-13-17(14(2)21-20-13)11-18(24)23-8-6-22(7-9-23)12-15-4-3-5-16(19)10-15/h3-5,10H,6-9,11-12H2,1-2H3,(H,20,21). The molecule has 2 heterocycles. The second-order valence-electron chi connectivity index (χ2n) is 6.38. The van der Waals surface area contributed by atoms with Crippen molar-refractivity contribution in [3.63, 3.8) is 0 Å². The summed E-state index contributed by atoms with van der Waals surface area (Å²) < 4.78 is 13.3. The number of aryl methyl sites for hydroxylation is 2. The zero-order valence-corrected chi connectivity index (χ0v) is 14.2. The Hall–Kier alpha value is -2.21. The third kappa shape index (κ3) is 3.82. The fraction of sp³-hybridized carbons (Fsp3) is 0.444. The van der Waals surface area contributed by atoms with Crippen molar-refractivity contribution in [3.05, 3.63) is 52.6 Å². The van der Waals surface area contributed by atoms with Crippen LogP contribution in [0, 0.1) is 19.7 Å². The highest BCUT2D eigenvalue weighted by Crippen LogP contribution is 2.14. The first-order valence-electron chi connectivity index (χ1n) is 8.28. The van der Waals surface area contributed by atoms with Crippen LogP contribution in [0.1, 0.15) is 22.5 Å². The number of halogens is 1. The highest BCUT2D eigenvalue weighted by atomic mass is 19.1. The molecule has 0 atom stereocenters. The van der Waals surface area contributed by atoms with Crippen LogP contribution in [0.15, 0.2) is 24.3 Å². The number of carbonyl (C=O) groups is 1. The van der Waals surface area contributed by atoms with E-state index in [0.717, 1.165) is 42.1 Å². The molecule has 1 N–H and O–H groups in total. The van der Waals surface area contributed by atoms with Crippen LogP contribution in [-0.2, 0) is 17.8 Å². The van der Waals surface area contributed by atoms with Gasteiger partial charge in [-0.25, -0.2) is 4.39 Å². The molecule has 0 bridgehead atoms. The molecule has 128 valence electrons. The maximum atomic E-state index is 13.3. The molecular weight excluding hydrogens is 307 g/mol. The maximum absolute atomic E-state index is 13.3. The van der Waals surface area contributed by atoms with Crippen LogP contribution in [0.5, 0.6) is 0 Å². The van der Waals surface area contributed by atoms with Crippen LogP contribution in [0.25, 0.3) is 0 Å². The Morgan fingerprint density at radius 1 is 1.25 bits per heavy atom. The zero-order chi connectivity index (χ0) is 17.1. The van der Waals surface area contributed by atoms with Gasteiger partial charge in [0.05, 0.1) is 12.1 Å². The summed E-state index contributed by atoms with van der Waals surface area (Å²) in [7, 11) is 0. The number of hydrogen-bond donors (Lipinski definition) is 1. The lowest BCUT2D eigenvalue weighted by molar-refractivity contribution is -0.132. The van der Waals surface area contributed by atoms with Gasteiger partial charge in [0.25, 0.3) is 0 Å². The zero-order valence-electron chi connectivity index (χ0n) is 14.2. The number of nitrogens with zero attached hydrogens (tertiary/aromatic N) is 3.